The van der Waals surface area contributed by atoms with Gasteiger partial charge in [-0.1, -0.05) is 72.8 Å². The fraction of sp³-hybridized carbons (Fsp3) is 0. The first kappa shape index (κ1) is 16.8. The molecule has 3 aromatic carbocycles. The minimum Gasteiger partial charge on any atom is -0.302 e. The summed E-state index contributed by atoms with van der Waals surface area (Å²) in [6.45, 7) is 0. The van der Waals surface area contributed by atoms with Crippen molar-refractivity contribution in [2.24, 2.45) is 0 Å². The van der Waals surface area contributed by atoms with Crippen molar-refractivity contribution >= 4 is 45.4 Å². The van der Waals surface area contributed by atoms with E-state index in [0.717, 1.165) is 0 Å². The lowest BCUT2D eigenvalue weighted by molar-refractivity contribution is 1.32. The van der Waals surface area contributed by atoms with Gasteiger partial charge >= 0.3 is 0 Å². The normalized spacial score (nSPS) is 13.6. The van der Waals surface area contributed by atoms with Gasteiger partial charge < -0.3 is 4.90 Å². The molecule has 4 aromatic rings. The highest BCUT2D eigenvalue weighted by Crippen LogP contribution is 2.40. The van der Waals surface area contributed by atoms with Crippen molar-refractivity contribution < 1.29 is 0 Å². The summed E-state index contributed by atoms with van der Waals surface area (Å²) in [6.07, 6.45) is 6.68. The predicted octanol–water partition coefficient (Wildman–Crippen LogP) is 7.79. The third-order valence-electron chi connectivity index (χ3n) is 4.87. The highest BCUT2D eigenvalue weighted by Gasteiger charge is 2.15. The molecule has 0 fully saturated rings. The topological polar surface area (TPSA) is 3.24 Å². The Morgan fingerprint density at radius 2 is 1.25 bits per heavy atom. The van der Waals surface area contributed by atoms with Crippen molar-refractivity contribution in [2.75, 3.05) is 4.90 Å². The molecule has 134 valence electrons. The van der Waals surface area contributed by atoms with Crippen LogP contribution in [0.2, 0.25) is 0 Å². The standard InChI is InChI=1S/C26H19NS/c1-3-10-22(11-4-1)27(23-12-5-2-6-13-23)26-18-17-24(28-26)19-21-16-15-20-9-7-8-14-25(20)21/h1-19H. The van der Waals surface area contributed by atoms with Gasteiger partial charge in [-0.15, -0.1) is 11.3 Å². The summed E-state index contributed by atoms with van der Waals surface area (Å²) in [5.74, 6) is 0. The quantitative estimate of drug-likeness (QED) is 0.351. The molecule has 2 heteroatoms. The fourth-order valence-corrected chi connectivity index (χ4v) is 4.55. The molecule has 1 aromatic heterocycles. The molecule has 0 unspecified atom stereocenters. The van der Waals surface area contributed by atoms with Crippen molar-refractivity contribution in [3.63, 3.8) is 0 Å². The van der Waals surface area contributed by atoms with Gasteiger partial charge in [-0.2, -0.15) is 0 Å². The van der Waals surface area contributed by atoms with Crippen LogP contribution < -0.4 is 4.90 Å². The maximum atomic E-state index is 2.31. The number of allylic oxidation sites excluding steroid dienone is 2. The minimum absolute atomic E-state index is 1.17. The van der Waals surface area contributed by atoms with Crippen molar-refractivity contribution in [2.45, 2.75) is 0 Å². The highest BCUT2D eigenvalue weighted by atomic mass is 32.1. The van der Waals surface area contributed by atoms with Gasteiger partial charge in [-0.25, -0.2) is 0 Å². The first-order valence-corrected chi connectivity index (χ1v) is 10.2. The first-order valence-electron chi connectivity index (χ1n) is 9.38. The number of fused-ring (bicyclic) bond motifs is 1. The van der Waals surface area contributed by atoms with Crippen molar-refractivity contribution in [1.82, 2.24) is 0 Å². The Morgan fingerprint density at radius 1 is 0.607 bits per heavy atom. The molecule has 0 amide bonds. The molecule has 0 atom stereocenters. The van der Waals surface area contributed by atoms with Gasteiger partial charge in [0.1, 0.15) is 5.00 Å². The van der Waals surface area contributed by atoms with E-state index in [1.54, 1.807) is 0 Å². The summed E-state index contributed by atoms with van der Waals surface area (Å²) in [6, 6.07) is 34.0. The highest BCUT2D eigenvalue weighted by molar-refractivity contribution is 7.17. The lowest BCUT2D eigenvalue weighted by Crippen LogP contribution is -2.07. The average molecular weight is 378 g/mol. The Labute approximate surface area is 169 Å². The summed E-state index contributed by atoms with van der Waals surface area (Å²) >= 11 is 1.81. The maximum Gasteiger partial charge on any atom is 0.100 e. The molecular weight excluding hydrogens is 358 g/mol. The van der Waals surface area contributed by atoms with E-state index in [-0.39, 0.29) is 0 Å². The average Bonchev–Trinajstić information content (AvgIpc) is 3.38. The second-order valence-corrected chi connectivity index (χ2v) is 7.80. The predicted molar refractivity (Wildman–Crippen MR) is 122 cm³/mol. The Kier molecular flexibility index (Phi) is 4.40. The van der Waals surface area contributed by atoms with Crippen LogP contribution in [0.25, 0.3) is 17.7 Å². The zero-order valence-electron chi connectivity index (χ0n) is 15.3. The Hall–Kier alpha value is -3.36. The van der Waals surface area contributed by atoms with Crippen molar-refractivity contribution in [3.05, 3.63) is 119 Å². The largest absolute Gasteiger partial charge is 0.302 e. The van der Waals surface area contributed by atoms with Gasteiger partial charge in [-0.05, 0) is 59.2 Å². The molecule has 28 heavy (non-hydrogen) atoms. The minimum atomic E-state index is 1.17. The third-order valence-corrected chi connectivity index (χ3v) is 5.89. The number of thiophene rings is 1. The van der Waals surface area contributed by atoms with Crippen LogP contribution in [0.1, 0.15) is 16.0 Å². The molecular formula is C26H19NS. The van der Waals surface area contributed by atoms with Crippen LogP contribution in [0.4, 0.5) is 16.4 Å². The molecule has 0 aliphatic heterocycles. The first-order chi connectivity index (χ1) is 13.9. The van der Waals surface area contributed by atoms with E-state index in [1.807, 2.05) is 11.3 Å². The third kappa shape index (κ3) is 3.19. The van der Waals surface area contributed by atoms with Crippen molar-refractivity contribution in [3.8, 4) is 0 Å². The van der Waals surface area contributed by atoms with E-state index in [0.29, 0.717) is 0 Å². The number of benzene rings is 3. The number of hydrogen-bond donors (Lipinski definition) is 0. The zero-order valence-corrected chi connectivity index (χ0v) is 16.1. The SMILES string of the molecule is C1=Cc2ccccc2C1=Cc1ccc(N(c2ccccc2)c2ccccc2)s1. The van der Waals surface area contributed by atoms with Crippen LogP contribution in [0.5, 0.6) is 0 Å². The van der Waals surface area contributed by atoms with Crippen LogP contribution in [0, 0.1) is 0 Å². The fourth-order valence-electron chi connectivity index (χ4n) is 3.55. The number of anilines is 3. The molecule has 1 aliphatic carbocycles. The van der Waals surface area contributed by atoms with Gasteiger partial charge in [-0.3, -0.25) is 0 Å². The molecule has 0 N–H and O–H groups in total. The van der Waals surface area contributed by atoms with Crippen LogP contribution in [0.3, 0.4) is 0 Å². The molecule has 1 nitrogen and oxygen atoms in total. The van der Waals surface area contributed by atoms with Crippen LogP contribution in [-0.2, 0) is 0 Å². The van der Waals surface area contributed by atoms with Crippen LogP contribution in [0.15, 0.2) is 103 Å². The number of nitrogens with zero attached hydrogens (tertiary/aromatic N) is 1. The molecule has 0 saturated heterocycles. The summed E-state index contributed by atoms with van der Waals surface area (Å²) < 4.78 is 0. The number of para-hydroxylation sites is 2. The lowest BCUT2D eigenvalue weighted by atomic mass is 10.1. The second kappa shape index (κ2) is 7.34. The molecule has 0 radical (unpaired) electrons. The summed E-state index contributed by atoms with van der Waals surface area (Å²) in [4.78, 5) is 3.56. The molecule has 0 saturated carbocycles. The smallest absolute Gasteiger partial charge is 0.100 e. The maximum absolute atomic E-state index is 2.31. The molecule has 1 heterocycles. The van der Waals surface area contributed by atoms with Gasteiger partial charge in [0, 0.05) is 16.3 Å². The van der Waals surface area contributed by atoms with Gasteiger partial charge in [0.25, 0.3) is 0 Å². The summed E-state index contributed by atoms with van der Waals surface area (Å²) in [5.41, 5.74) is 6.21. The van der Waals surface area contributed by atoms with Crippen LogP contribution >= 0.6 is 11.3 Å². The van der Waals surface area contributed by atoms with Crippen molar-refractivity contribution in [1.29, 1.82) is 0 Å². The lowest BCUT2D eigenvalue weighted by Gasteiger charge is -2.23. The van der Waals surface area contributed by atoms with E-state index in [9.17, 15) is 0 Å². The monoisotopic (exact) mass is 377 g/mol. The van der Waals surface area contributed by atoms with Gasteiger partial charge in [0.05, 0.1) is 0 Å². The number of rotatable bonds is 4. The zero-order chi connectivity index (χ0) is 18.8. The van der Waals surface area contributed by atoms with Gasteiger partial charge in [0.2, 0.25) is 0 Å². The van der Waals surface area contributed by atoms with E-state index < -0.39 is 0 Å². The number of hydrogen-bond acceptors (Lipinski definition) is 2. The summed E-state index contributed by atoms with van der Waals surface area (Å²) in [5, 5.41) is 1.21. The van der Waals surface area contributed by atoms with E-state index in [2.05, 4.69) is 120 Å². The molecule has 0 bridgehead atoms. The summed E-state index contributed by atoms with van der Waals surface area (Å²) in [7, 11) is 0. The molecule has 1 aliphatic rings. The molecule has 0 spiro atoms. The second-order valence-electron chi connectivity index (χ2n) is 6.70. The van der Waals surface area contributed by atoms with Crippen LogP contribution in [-0.4, -0.2) is 0 Å². The molecule has 5 rings (SSSR count). The van der Waals surface area contributed by atoms with Gasteiger partial charge in [0.15, 0.2) is 0 Å². The Morgan fingerprint density at radius 3 is 1.96 bits per heavy atom. The van der Waals surface area contributed by atoms with E-state index >= 15 is 0 Å². The Bertz CT molecular complexity index is 1110. The van der Waals surface area contributed by atoms with E-state index in [1.165, 1.54) is 38.0 Å². The Balaban J connectivity index is 1.54. The van der Waals surface area contributed by atoms with E-state index in [4.69, 9.17) is 0 Å².